The number of benzene rings is 3. The minimum absolute atomic E-state index is 0.0622. The minimum Gasteiger partial charge on any atom is -0.478 e. The molecule has 0 saturated carbocycles. The van der Waals surface area contributed by atoms with Gasteiger partial charge in [0.25, 0.3) is 0 Å². The van der Waals surface area contributed by atoms with Gasteiger partial charge < -0.3 is 23.8 Å². The third-order valence-corrected chi connectivity index (χ3v) is 6.75. The monoisotopic (exact) mass is 608 g/mol. The van der Waals surface area contributed by atoms with Crippen LogP contribution in [0.2, 0.25) is 10.0 Å². The second-order valence-electron chi connectivity index (χ2n) is 9.44. The van der Waals surface area contributed by atoms with Gasteiger partial charge in [0.2, 0.25) is 0 Å². The lowest BCUT2D eigenvalue weighted by Crippen LogP contribution is -2.32. The first-order valence-corrected chi connectivity index (χ1v) is 12.9. The summed E-state index contributed by atoms with van der Waals surface area (Å²) >= 11 is 12.4. The van der Waals surface area contributed by atoms with Crippen LogP contribution >= 0.6 is 23.2 Å². The number of carboxylic acids is 1. The molecule has 0 fully saturated rings. The van der Waals surface area contributed by atoms with Crippen LogP contribution in [-0.2, 0) is 4.79 Å². The summed E-state index contributed by atoms with van der Waals surface area (Å²) in [5.74, 6) is -1.19. The maximum atomic E-state index is 13.0. The van der Waals surface area contributed by atoms with Crippen LogP contribution in [0.1, 0.15) is 19.5 Å². The Morgan fingerprint density at radius 2 is 1.76 bits per heavy atom. The number of ether oxygens (including phenoxy) is 3. The first-order chi connectivity index (χ1) is 19.3. The van der Waals surface area contributed by atoms with Gasteiger partial charge in [-0.1, -0.05) is 42.2 Å². The Morgan fingerprint density at radius 3 is 2.44 bits per heavy atom. The molecular weight excluding hydrogens is 588 g/mol. The number of nitrogens with zero attached hydrogens (tertiary/aromatic N) is 2. The zero-order valence-corrected chi connectivity index (χ0v) is 23.1. The van der Waals surface area contributed by atoms with E-state index in [4.69, 9.17) is 37.2 Å². The van der Waals surface area contributed by atoms with Crippen molar-refractivity contribution in [2.24, 2.45) is 5.92 Å². The highest BCUT2D eigenvalue weighted by molar-refractivity contribution is 6.32. The lowest BCUT2D eigenvalue weighted by molar-refractivity contribution is -0.274. The predicted molar refractivity (Wildman–Crippen MR) is 146 cm³/mol. The summed E-state index contributed by atoms with van der Waals surface area (Å²) in [4.78, 5) is 11.7. The van der Waals surface area contributed by atoms with Gasteiger partial charge >= 0.3 is 12.3 Å². The van der Waals surface area contributed by atoms with Crippen LogP contribution in [0.25, 0.3) is 27.7 Å². The highest BCUT2D eigenvalue weighted by Crippen LogP contribution is 2.42. The number of aliphatic carboxylic acids is 1. The zero-order valence-electron chi connectivity index (χ0n) is 21.6. The van der Waals surface area contributed by atoms with E-state index in [1.165, 1.54) is 36.4 Å². The predicted octanol–water partition coefficient (Wildman–Crippen LogP) is 8.57. The van der Waals surface area contributed by atoms with Crippen molar-refractivity contribution in [3.05, 3.63) is 70.3 Å². The molecular formula is C28H21Cl2F3N2O6. The molecule has 2 heterocycles. The van der Waals surface area contributed by atoms with Gasteiger partial charge in [-0.3, -0.25) is 4.57 Å². The number of carboxylic acid groups (broad SMARTS) is 1. The molecule has 3 aromatic carbocycles. The van der Waals surface area contributed by atoms with E-state index in [9.17, 15) is 23.1 Å². The van der Waals surface area contributed by atoms with E-state index in [-0.39, 0.29) is 33.6 Å². The normalized spacial score (nSPS) is 12.7. The lowest BCUT2D eigenvalue weighted by atomic mass is 10.1. The number of aromatic nitrogens is 2. The molecule has 1 atom stereocenters. The second kappa shape index (κ2) is 10.7. The van der Waals surface area contributed by atoms with Crippen molar-refractivity contribution in [1.29, 1.82) is 0 Å². The molecule has 41 heavy (non-hydrogen) atoms. The third kappa shape index (κ3) is 5.73. The maximum absolute atomic E-state index is 13.0. The number of hydrogen-bond acceptors (Lipinski definition) is 6. The number of carbonyl (C=O) groups is 1. The molecule has 0 aliphatic heterocycles. The molecule has 8 nitrogen and oxygen atoms in total. The van der Waals surface area contributed by atoms with Crippen LogP contribution in [0.5, 0.6) is 23.0 Å². The summed E-state index contributed by atoms with van der Waals surface area (Å²) in [6, 6.07) is 13.2. The molecule has 13 heteroatoms. The molecule has 0 spiro atoms. The summed E-state index contributed by atoms with van der Waals surface area (Å²) in [5, 5.41) is 15.2. The molecule has 2 aromatic heterocycles. The fourth-order valence-electron chi connectivity index (χ4n) is 4.39. The van der Waals surface area contributed by atoms with E-state index >= 15 is 0 Å². The molecule has 0 aliphatic carbocycles. The van der Waals surface area contributed by atoms with Crippen molar-refractivity contribution in [2.45, 2.75) is 33.2 Å². The van der Waals surface area contributed by atoms with E-state index in [1.807, 2.05) is 0 Å². The summed E-state index contributed by atoms with van der Waals surface area (Å²) < 4.78 is 62.3. The Morgan fingerprint density at radius 1 is 1.02 bits per heavy atom. The fourth-order valence-corrected chi connectivity index (χ4v) is 4.72. The first kappa shape index (κ1) is 28.4. The largest absolute Gasteiger partial charge is 0.573 e. The number of rotatable bonds is 8. The van der Waals surface area contributed by atoms with Gasteiger partial charge in [-0.15, -0.1) is 13.2 Å². The average molecular weight is 609 g/mol. The van der Waals surface area contributed by atoms with Crippen molar-refractivity contribution in [2.75, 3.05) is 0 Å². The minimum atomic E-state index is -4.91. The van der Waals surface area contributed by atoms with E-state index in [0.29, 0.717) is 33.0 Å². The van der Waals surface area contributed by atoms with Crippen molar-refractivity contribution < 1.29 is 41.8 Å². The highest BCUT2D eigenvalue weighted by atomic mass is 35.5. The standard InChI is InChI=1S/C28H21Cl2F3N2O6/c1-13(2)24(27(36)37)39-23-12-16(5-8-20(23)30)38-25-14(3)35(26-18-7-4-15(29)10-22(18)41-34-26)21-9-6-17(11-19(21)25)40-28(31,32)33/h4-13,24H,1-3H3,(H,36,37). The van der Waals surface area contributed by atoms with Crippen LogP contribution in [-0.4, -0.2) is 33.3 Å². The Hall–Kier alpha value is -4.09. The SMILES string of the molecule is Cc1c(Oc2ccc(Cl)c(OC(C(=O)O)C(C)C)c2)c2cc(OC(F)(F)F)ccc2n1-c1noc2cc(Cl)ccc12. The topological polar surface area (TPSA) is 96.0 Å². The first-order valence-electron chi connectivity index (χ1n) is 12.2. The molecule has 1 unspecified atom stereocenters. The van der Waals surface area contributed by atoms with Crippen molar-refractivity contribution in [1.82, 2.24) is 9.72 Å². The van der Waals surface area contributed by atoms with Crippen LogP contribution in [0, 0.1) is 12.8 Å². The van der Waals surface area contributed by atoms with Crippen LogP contribution in [0.4, 0.5) is 13.2 Å². The fraction of sp³-hybridized carbons (Fsp3) is 0.214. The summed E-state index contributed by atoms with van der Waals surface area (Å²) in [5.41, 5.74) is 1.33. The molecule has 1 N–H and O–H groups in total. The van der Waals surface area contributed by atoms with Crippen LogP contribution < -0.4 is 14.2 Å². The second-order valence-corrected chi connectivity index (χ2v) is 10.3. The van der Waals surface area contributed by atoms with Crippen LogP contribution in [0.3, 0.4) is 0 Å². The number of alkyl halides is 3. The van der Waals surface area contributed by atoms with Gasteiger partial charge in [-0.05, 0) is 49.4 Å². The Kier molecular flexibility index (Phi) is 7.43. The molecule has 0 saturated heterocycles. The number of halogens is 5. The van der Waals surface area contributed by atoms with Gasteiger partial charge in [-0.2, -0.15) is 0 Å². The third-order valence-electron chi connectivity index (χ3n) is 6.20. The molecule has 0 bridgehead atoms. The zero-order chi connectivity index (χ0) is 29.6. The van der Waals surface area contributed by atoms with Gasteiger partial charge in [-0.25, -0.2) is 4.79 Å². The number of fused-ring (bicyclic) bond motifs is 2. The summed E-state index contributed by atoms with van der Waals surface area (Å²) in [7, 11) is 0. The molecule has 0 radical (unpaired) electrons. The van der Waals surface area contributed by atoms with Gasteiger partial charge in [0.15, 0.2) is 23.3 Å². The van der Waals surface area contributed by atoms with Gasteiger partial charge in [0.05, 0.1) is 21.6 Å². The molecule has 0 amide bonds. The lowest BCUT2D eigenvalue weighted by Gasteiger charge is -2.19. The van der Waals surface area contributed by atoms with Crippen LogP contribution in [0.15, 0.2) is 59.1 Å². The summed E-state index contributed by atoms with van der Waals surface area (Å²) in [6.45, 7) is 5.07. The van der Waals surface area contributed by atoms with E-state index in [0.717, 1.165) is 0 Å². The molecule has 0 aliphatic rings. The quantitative estimate of drug-likeness (QED) is 0.188. The maximum Gasteiger partial charge on any atom is 0.573 e. The molecule has 5 rings (SSSR count). The van der Waals surface area contributed by atoms with Gasteiger partial charge in [0.1, 0.15) is 17.2 Å². The Bertz CT molecular complexity index is 1780. The summed E-state index contributed by atoms with van der Waals surface area (Å²) in [6.07, 6.45) is -6.09. The smallest absolute Gasteiger partial charge is 0.478 e. The molecule has 5 aromatic rings. The van der Waals surface area contributed by atoms with Gasteiger partial charge in [0, 0.05) is 28.5 Å². The van der Waals surface area contributed by atoms with Crippen molar-refractivity contribution in [3.63, 3.8) is 0 Å². The Labute approximate surface area is 240 Å². The number of hydrogen-bond donors (Lipinski definition) is 1. The van der Waals surface area contributed by atoms with Crippen molar-refractivity contribution >= 4 is 51.0 Å². The highest BCUT2D eigenvalue weighted by Gasteiger charge is 2.32. The van der Waals surface area contributed by atoms with E-state index in [2.05, 4.69) is 9.89 Å². The average Bonchev–Trinajstić information content (AvgIpc) is 3.40. The van der Waals surface area contributed by atoms with Crippen molar-refractivity contribution in [3.8, 4) is 28.8 Å². The Balaban J connectivity index is 1.65. The molecule has 214 valence electrons. The van der Waals surface area contributed by atoms with E-state index in [1.54, 1.807) is 43.5 Å². The van der Waals surface area contributed by atoms with E-state index < -0.39 is 24.2 Å².